The number of aryl methyl sites for hydroxylation is 1. The maximum Gasteiger partial charge on any atom is 0.0600 e. The Morgan fingerprint density at radius 1 is 1.25 bits per heavy atom. The molecule has 3 rings (SSSR count). The summed E-state index contributed by atoms with van der Waals surface area (Å²) in [4.78, 5) is 6.88. The molecule has 2 aromatic rings. The summed E-state index contributed by atoms with van der Waals surface area (Å²) < 4.78 is 0. The van der Waals surface area contributed by atoms with Gasteiger partial charge in [0.15, 0.2) is 0 Å². The van der Waals surface area contributed by atoms with Gasteiger partial charge in [-0.1, -0.05) is 18.2 Å². The Hall–Kier alpha value is -1.87. The molecule has 0 amide bonds. The Morgan fingerprint density at radius 3 is 2.75 bits per heavy atom. The summed E-state index contributed by atoms with van der Waals surface area (Å²) >= 11 is 0. The molecular weight excluding hydrogens is 246 g/mol. The highest BCUT2D eigenvalue weighted by molar-refractivity contribution is 5.68. The molecule has 104 valence electrons. The number of nitrogens with two attached hydrogens (primary N) is 1. The molecule has 3 nitrogen and oxygen atoms in total. The monoisotopic (exact) mass is 267 g/mol. The summed E-state index contributed by atoms with van der Waals surface area (Å²) in [6, 6.07) is 13.3. The van der Waals surface area contributed by atoms with Crippen LogP contribution < -0.4 is 10.6 Å². The van der Waals surface area contributed by atoms with E-state index in [9.17, 15) is 0 Å². The lowest BCUT2D eigenvalue weighted by Crippen LogP contribution is -2.33. The van der Waals surface area contributed by atoms with Crippen molar-refractivity contribution in [3.8, 4) is 0 Å². The highest BCUT2D eigenvalue weighted by atomic mass is 15.2. The number of fused-ring (bicyclic) bond motifs is 1. The van der Waals surface area contributed by atoms with Crippen LogP contribution in [0.25, 0.3) is 0 Å². The lowest BCUT2D eigenvalue weighted by Gasteiger charge is -2.37. The van der Waals surface area contributed by atoms with Crippen molar-refractivity contribution in [2.75, 3.05) is 4.90 Å². The fourth-order valence-electron chi connectivity index (χ4n) is 2.89. The van der Waals surface area contributed by atoms with E-state index in [1.165, 1.54) is 17.7 Å². The first-order chi connectivity index (χ1) is 9.66. The van der Waals surface area contributed by atoms with Gasteiger partial charge in [0.25, 0.3) is 0 Å². The minimum absolute atomic E-state index is 0.0184. The standard InChI is InChI=1S/C17H21N3/c1-12-7-8-14-5-3-4-6-17(14)20(12)15-9-10-16(13(2)18)19-11-15/h3-6,9-13H,7-8,18H2,1-2H3/t12?,13-/m0/s1. The molecule has 2 heterocycles. The quantitative estimate of drug-likeness (QED) is 0.904. The highest BCUT2D eigenvalue weighted by Crippen LogP contribution is 2.36. The number of hydrogen-bond donors (Lipinski definition) is 1. The third kappa shape index (κ3) is 2.29. The van der Waals surface area contributed by atoms with Crippen molar-refractivity contribution in [2.45, 2.75) is 38.8 Å². The Labute approximate surface area is 120 Å². The van der Waals surface area contributed by atoms with Gasteiger partial charge in [0, 0.05) is 17.8 Å². The molecule has 0 spiro atoms. The molecule has 0 saturated heterocycles. The second kappa shape index (κ2) is 5.25. The van der Waals surface area contributed by atoms with Crippen LogP contribution in [0.3, 0.4) is 0 Å². The van der Waals surface area contributed by atoms with Crippen LogP contribution in [0.5, 0.6) is 0 Å². The van der Waals surface area contributed by atoms with Gasteiger partial charge in [-0.2, -0.15) is 0 Å². The molecule has 1 aliphatic heterocycles. The van der Waals surface area contributed by atoms with Crippen LogP contribution in [0.2, 0.25) is 0 Å². The second-order valence-electron chi connectivity index (χ2n) is 5.62. The molecule has 1 aliphatic rings. The molecule has 2 N–H and O–H groups in total. The van der Waals surface area contributed by atoms with Gasteiger partial charge in [0.05, 0.1) is 17.6 Å². The van der Waals surface area contributed by atoms with E-state index in [1.807, 2.05) is 19.2 Å². The average molecular weight is 267 g/mol. The smallest absolute Gasteiger partial charge is 0.0600 e. The molecule has 0 aliphatic carbocycles. The summed E-state index contributed by atoms with van der Waals surface area (Å²) in [5.41, 5.74) is 10.7. The molecule has 2 atom stereocenters. The fourth-order valence-corrected chi connectivity index (χ4v) is 2.89. The van der Waals surface area contributed by atoms with E-state index in [0.29, 0.717) is 6.04 Å². The van der Waals surface area contributed by atoms with Gasteiger partial charge >= 0.3 is 0 Å². The van der Waals surface area contributed by atoms with Crippen LogP contribution in [-0.2, 0) is 6.42 Å². The first-order valence-corrected chi connectivity index (χ1v) is 7.25. The van der Waals surface area contributed by atoms with E-state index in [0.717, 1.165) is 17.8 Å². The minimum Gasteiger partial charge on any atom is -0.337 e. The third-order valence-corrected chi connectivity index (χ3v) is 4.04. The van der Waals surface area contributed by atoms with Gasteiger partial charge < -0.3 is 10.6 Å². The molecule has 20 heavy (non-hydrogen) atoms. The van der Waals surface area contributed by atoms with E-state index in [4.69, 9.17) is 5.73 Å². The van der Waals surface area contributed by atoms with Crippen molar-refractivity contribution >= 4 is 11.4 Å². The van der Waals surface area contributed by atoms with Crippen molar-refractivity contribution in [1.82, 2.24) is 4.98 Å². The molecule has 0 bridgehead atoms. The molecule has 0 radical (unpaired) electrons. The van der Waals surface area contributed by atoms with Crippen molar-refractivity contribution in [3.63, 3.8) is 0 Å². The Kier molecular flexibility index (Phi) is 3.45. The van der Waals surface area contributed by atoms with E-state index >= 15 is 0 Å². The molecule has 1 unspecified atom stereocenters. The van der Waals surface area contributed by atoms with Crippen molar-refractivity contribution in [3.05, 3.63) is 53.9 Å². The van der Waals surface area contributed by atoms with Crippen LogP contribution in [0, 0.1) is 0 Å². The first kappa shape index (κ1) is 13.1. The van der Waals surface area contributed by atoms with Crippen LogP contribution >= 0.6 is 0 Å². The van der Waals surface area contributed by atoms with Crippen LogP contribution in [-0.4, -0.2) is 11.0 Å². The SMILES string of the molecule is CC1CCc2ccccc2N1c1ccc([C@H](C)N)nc1. The number of anilines is 2. The average Bonchev–Trinajstić information content (AvgIpc) is 2.47. The number of nitrogens with zero attached hydrogens (tertiary/aromatic N) is 2. The van der Waals surface area contributed by atoms with Gasteiger partial charge in [0.2, 0.25) is 0 Å². The zero-order valence-corrected chi connectivity index (χ0v) is 12.1. The van der Waals surface area contributed by atoms with Crippen molar-refractivity contribution in [1.29, 1.82) is 0 Å². The second-order valence-corrected chi connectivity index (χ2v) is 5.62. The number of para-hydroxylation sites is 1. The molecule has 0 fully saturated rings. The van der Waals surface area contributed by atoms with Crippen LogP contribution in [0.4, 0.5) is 11.4 Å². The lowest BCUT2D eigenvalue weighted by atomic mass is 9.96. The van der Waals surface area contributed by atoms with Gasteiger partial charge in [0.1, 0.15) is 0 Å². The Balaban J connectivity index is 2.00. The molecule has 3 heteroatoms. The van der Waals surface area contributed by atoms with E-state index in [-0.39, 0.29) is 6.04 Å². The van der Waals surface area contributed by atoms with Crippen LogP contribution in [0.15, 0.2) is 42.6 Å². The first-order valence-electron chi connectivity index (χ1n) is 7.25. The molecule has 1 aromatic heterocycles. The van der Waals surface area contributed by atoms with E-state index in [1.54, 1.807) is 0 Å². The minimum atomic E-state index is -0.0184. The zero-order chi connectivity index (χ0) is 14.1. The Bertz CT molecular complexity index is 589. The summed E-state index contributed by atoms with van der Waals surface area (Å²) in [7, 11) is 0. The molecule has 0 saturated carbocycles. The number of rotatable bonds is 2. The normalized spacial score (nSPS) is 19.6. The maximum atomic E-state index is 5.87. The predicted molar refractivity (Wildman–Crippen MR) is 83.2 cm³/mol. The summed E-state index contributed by atoms with van der Waals surface area (Å²) in [5, 5.41) is 0. The molecular formula is C17H21N3. The summed E-state index contributed by atoms with van der Waals surface area (Å²) in [6.07, 6.45) is 4.27. The topological polar surface area (TPSA) is 42.1 Å². The largest absolute Gasteiger partial charge is 0.337 e. The van der Waals surface area contributed by atoms with Crippen molar-refractivity contribution in [2.24, 2.45) is 5.73 Å². The number of hydrogen-bond acceptors (Lipinski definition) is 3. The number of pyridine rings is 1. The Morgan fingerprint density at radius 2 is 2.05 bits per heavy atom. The fraction of sp³-hybridized carbons (Fsp3) is 0.353. The highest BCUT2D eigenvalue weighted by Gasteiger charge is 2.24. The molecule has 1 aromatic carbocycles. The van der Waals surface area contributed by atoms with Gasteiger partial charge in [-0.25, -0.2) is 0 Å². The maximum absolute atomic E-state index is 5.87. The summed E-state index contributed by atoms with van der Waals surface area (Å²) in [5.74, 6) is 0. The van der Waals surface area contributed by atoms with E-state index in [2.05, 4.69) is 47.1 Å². The number of aromatic nitrogens is 1. The van der Waals surface area contributed by atoms with Gasteiger partial charge in [-0.3, -0.25) is 4.98 Å². The zero-order valence-electron chi connectivity index (χ0n) is 12.1. The van der Waals surface area contributed by atoms with Gasteiger partial charge in [-0.15, -0.1) is 0 Å². The van der Waals surface area contributed by atoms with E-state index < -0.39 is 0 Å². The predicted octanol–water partition coefficient (Wildman–Crippen LogP) is 3.57. The third-order valence-electron chi connectivity index (χ3n) is 4.04. The lowest BCUT2D eigenvalue weighted by molar-refractivity contribution is 0.617. The van der Waals surface area contributed by atoms with Crippen LogP contribution in [0.1, 0.15) is 37.6 Å². The van der Waals surface area contributed by atoms with Gasteiger partial charge in [-0.05, 0) is 50.5 Å². The number of benzene rings is 1. The summed E-state index contributed by atoms with van der Waals surface area (Å²) in [6.45, 7) is 4.23. The van der Waals surface area contributed by atoms with Crippen molar-refractivity contribution < 1.29 is 0 Å².